The quantitative estimate of drug-likeness (QED) is 0.510. The summed E-state index contributed by atoms with van der Waals surface area (Å²) in [7, 11) is -4.12. The Hall–Kier alpha value is -3.34. The van der Waals surface area contributed by atoms with Crippen LogP contribution in [0.1, 0.15) is 37.2 Å². The lowest BCUT2D eigenvalue weighted by Crippen LogP contribution is -2.20. The average Bonchev–Trinajstić information content (AvgIpc) is 2.72. The Labute approximate surface area is 166 Å². The maximum atomic E-state index is 12.3. The predicted octanol–water partition coefficient (Wildman–Crippen LogP) is 3.92. The van der Waals surface area contributed by atoms with Crippen LogP contribution in [-0.2, 0) is 14.4 Å². The van der Waals surface area contributed by atoms with Gasteiger partial charge in [-0.25, -0.2) is 0 Å². The van der Waals surface area contributed by atoms with E-state index < -0.39 is 37.3 Å². The summed E-state index contributed by atoms with van der Waals surface area (Å²) in [5.41, 5.74) is -0.185. The van der Waals surface area contributed by atoms with Crippen LogP contribution in [0.5, 0.6) is 0 Å². The van der Waals surface area contributed by atoms with Gasteiger partial charge in [-0.05, 0) is 37.5 Å². The summed E-state index contributed by atoms with van der Waals surface area (Å²) in [5, 5.41) is 26.2. The summed E-state index contributed by atoms with van der Waals surface area (Å²) in [6.07, 6.45) is 2.38. The van der Waals surface area contributed by atoms with Crippen LogP contribution in [0.15, 0.2) is 58.6 Å². The minimum absolute atomic E-state index is 0.0574. The molecule has 0 heterocycles. The van der Waals surface area contributed by atoms with E-state index in [4.69, 9.17) is 4.28 Å². The van der Waals surface area contributed by atoms with E-state index in [0.29, 0.717) is 18.6 Å². The first kappa shape index (κ1) is 20.4. The van der Waals surface area contributed by atoms with Crippen LogP contribution >= 0.6 is 0 Å². The second kappa shape index (κ2) is 8.35. The zero-order valence-electron chi connectivity index (χ0n) is 15.1. The molecule has 0 radical (unpaired) electrons. The van der Waals surface area contributed by atoms with E-state index in [1.165, 1.54) is 24.3 Å². The van der Waals surface area contributed by atoms with Crippen LogP contribution in [0.25, 0.3) is 0 Å². The van der Waals surface area contributed by atoms with Gasteiger partial charge in [-0.1, -0.05) is 29.8 Å². The second-order valence-corrected chi connectivity index (χ2v) is 8.01. The van der Waals surface area contributed by atoms with Crippen molar-refractivity contribution in [1.29, 1.82) is 0 Å². The number of benzene rings is 2. The monoisotopic (exact) mass is 419 g/mol. The van der Waals surface area contributed by atoms with E-state index >= 15 is 0 Å². The number of non-ortho nitro benzene ring substituents is 1. The summed E-state index contributed by atoms with van der Waals surface area (Å²) >= 11 is 0. The molecule has 0 bridgehead atoms. The predicted molar refractivity (Wildman–Crippen MR) is 103 cm³/mol. The Bertz CT molecular complexity index is 1070. The second-order valence-electron chi connectivity index (χ2n) is 6.48. The Morgan fingerprint density at radius 3 is 2.38 bits per heavy atom. The smallest absolute Gasteiger partial charge is 0.265 e. The first-order valence-corrected chi connectivity index (χ1v) is 10.2. The maximum Gasteiger partial charge on any atom is 0.358 e. The minimum atomic E-state index is -4.12. The molecule has 152 valence electrons. The van der Waals surface area contributed by atoms with Crippen molar-refractivity contribution in [2.24, 2.45) is 5.16 Å². The third-order valence-electron chi connectivity index (χ3n) is 4.66. The molecule has 2 aromatic carbocycles. The topological polar surface area (TPSA) is 142 Å². The Kier molecular flexibility index (Phi) is 5.87. The van der Waals surface area contributed by atoms with Gasteiger partial charge in [0.2, 0.25) is 0 Å². The molecule has 11 heteroatoms. The summed E-state index contributed by atoms with van der Waals surface area (Å²) in [5.74, 6) is -0.559. The Morgan fingerprint density at radius 1 is 1.00 bits per heavy atom. The van der Waals surface area contributed by atoms with Crippen molar-refractivity contribution in [2.45, 2.75) is 36.5 Å². The van der Waals surface area contributed by atoms with E-state index in [2.05, 4.69) is 5.16 Å². The van der Waals surface area contributed by atoms with E-state index in [-0.39, 0.29) is 10.5 Å². The van der Waals surface area contributed by atoms with E-state index in [0.717, 1.165) is 18.9 Å². The highest BCUT2D eigenvalue weighted by Gasteiger charge is 2.31. The van der Waals surface area contributed by atoms with Crippen LogP contribution in [-0.4, -0.2) is 24.0 Å². The number of rotatable bonds is 6. The SMILES string of the molecule is O=[N+]([O-])c1ccc([C@H]2CCCC/C2=N/OS(=O)(=O)c2ccccc2)c([N+](=O)[O-])c1. The maximum absolute atomic E-state index is 12.3. The summed E-state index contributed by atoms with van der Waals surface area (Å²) in [6, 6.07) is 10.9. The van der Waals surface area contributed by atoms with E-state index in [9.17, 15) is 28.6 Å². The third kappa shape index (κ3) is 4.57. The molecule has 3 rings (SSSR count). The lowest BCUT2D eigenvalue weighted by Gasteiger charge is -2.23. The molecule has 2 aromatic rings. The third-order valence-corrected chi connectivity index (χ3v) is 5.78. The van der Waals surface area contributed by atoms with Crippen LogP contribution in [0.3, 0.4) is 0 Å². The molecule has 1 saturated carbocycles. The number of hydrogen-bond donors (Lipinski definition) is 0. The molecule has 10 nitrogen and oxygen atoms in total. The highest BCUT2D eigenvalue weighted by molar-refractivity contribution is 7.86. The fourth-order valence-corrected chi connectivity index (χ4v) is 4.04. The number of hydrogen-bond acceptors (Lipinski definition) is 8. The molecular weight excluding hydrogens is 402 g/mol. The van der Waals surface area contributed by atoms with Gasteiger partial charge < -0.3 is 0 Å². The van der Waals surface area contributed by atoms with Crippen molar-refractivity contribution in [3.05, 3.63) is 74.3 Å². The van der Waals surface area contributed by atoms with Gasteiger partial charge in [0.25, 0.3) is 11.4 Å². The van der Waals surface area contributed by atoms with Gasteiger partial charge in [-0.15, -0.1) is 0 Å². The van der Waals surface area contributed by atoms with Crippen LogP contribution in [0.2, 0.25) is 0 Å². The molecule has 0 unspecified atom stereocenters. The Balaban J connectivity index is 1.95. The van der Waals surface area contributed by atoms with Crippen molar-refractivity contribution < 1.29 is 22.5 Å². The zero-order chi connectivity index (χ0) is 21.0. The van der Waals surface area contributed by atoms with Crippen LogP contribution in [0.4, 0.5) is 11.4 Å². The molecule has 0 aliphatic heterocycles. The van der Waals surface area contributed by atoms with Crippen molar-refractivity contribution >= 4 is 27.2 Å². The van der Waals surface area contributed by atoms with E-state index in [1.54, 1.807) is 18.2 Å². The van der Waals surface area contributed by atoms with Crippen molar-refractivity contribution in [3.63, 3.8) is 0 Å². The highest BCUT2D eigenvalue weighted by Crippen LogP contribution is 2.37. The van der Waals surface area contributed by atoms with Crippen molar-refractivity contribution in [1.82, 2.24) is 0 Å². The first-order chi connectivity index (χ1) is 13.8. The van der Waals surface area contributed by atoms with Gasteiger partial charge in [-0.2, -0.15) is 8.42 Å². The van der Waals surface area contributed by atoms with Gasteiger partial charge in [0.05, 0.1) is 21.6 Å². The zero-order valence-corrected chi connectivity index (χ0v) is 15.9. The number of nitro groups is 2. The number of nitro benzene ring substituents is 2. The van der Waals surface area contributed by atoms with Crippen LogP contribution < -0.4 is 0 Å². The van der Waals surface area contributed by atoms with Crippen molar-refractivity contribution in [3.8, 4) is 0 Å². The molecular formula is C18H17N3O7S. The normalized spacial score (nSPS) is 18.3. The molecule has 0 aromatic heterocycles. The molecule has 0 spiro atoms. The van der Waals surface area contributed by atoms with Gasteiger partial charge in [0.15, 0.2) is 0 Å². The van der Waals surface area contributed by atoms with E-state index in [1.807, 2.05) is 0 Å². The van der Waals surface area contributed by atoms with Crippen molar-refractivity contribution in [2.75, 3.05) is 0 Å². The summed E-state index contributed by atoms with van der Waals surface area (Å²) in [4.78, 5) is 21.0. The molecule has 1 aliphatic carbocycles. The molecule has 0 amide bonds. The first-order valence-electron chi connectivity index (χ1n) is 8.78. The minimum Gasteiger partial charge on any atom is -0.265 e. The largest absolute Gasteiger partial charge is 0.358 e. The summed E-state index contributed by atoms with van der Waals surface area (Å²) < 4.78 is 29.5. The van der Waals surface area contributed by atoms with Gasteiger partial charge in [-0.3, -0.25) is 24.5 Å². The molecule has 0 saturated heterocycles. The van der Waals surface area contributed by atoms with Gasteiger partial charge >= 0.3 is 10.1 Å². The lowest BCUT2D eigenvalue weighted by atomic mass is 9.81. The fraction of sp³-hybridized carbons (Fsp3) is 0.278. The lowest BCUT2D eigenvalue weighted by molar-refractivity contribution is -0.394. The fourth-order valence-electron chi connectivity index (χ4n) is 3.27. The average molecular weight is 419 g/mol. The number of nitrogens with zero attached hydrogens (tertiary/aromatic N) is 3. The molecule has 29 heavy (non-hydrogen) atoms. The molecule has 1 fully saturated rings. The van der Waals surface area contributed by atoms with Crippen LogP contribution in [0, 0.1) is 20.2 Å². The molecule has 0 N–H and O–H groups in total. The molecule has 1 aliphatic rings. The van der Waals surface area contributed by atoms with Gasteiger partial charge in [0.1, 0.15) is 4.90 Å². The Morgan fingerprint density at radius 2 is 1.72 bits per heavy atom. The standard InChI is InChI=1S/C18H17N3O7S/c22-20(23)13-10-11-16(18(12-13)21(24)25)15-8-4-5-9-17(15)19-28-29(26,27)14-6-2-1-3-7-14/h1-3,6-7,10-12,15H,4-5,8-9H2/b19-17-/t15-/m1/s1. The summed E-state index contributed by atoms with van der Waals surface area (Å²) in [6.45, 7) is 0. The number of oxime groups is 1. The molecule has 1 atom stereocenters. The highest BCUT2D eigenvalue weighted by atomic mass is 32.2. The van der Waals surface area contributed by atoms with Gasteiger partial charge in [0, 0.05) is 17.5 Å².